The van der Waals surface area contributed by atoms with Gasteiger partial charge in [-0.2, -0.15) is 0 Å². The summed E-state index contributed by atoms with van der Waals surface area (Å²) < 4.78 is 21.7. The zero-order valence-electron chi connectivity index (χ0n) is 13.6. The Hall–Kier alpha value is -2.44. The molecule has 6 nitrogen and oxygen atoms in total. The van der Waals surface area contributed by atoms with Crippen LogP contribution in [0.5, 0.6) is 23.0 Å². The summed E-state index contributed by atoms with van der Waals surface area (Å²) in [4.78, 5) is 0. The molecule has 0 heterocycles. The molecule has 2 aromatic carbocycles. The van der Waals surface area contributed by atoms with E-state index in [0.29, 0.717) is 37.9 Å². The highest BCUT2D eigenvalue weighted by molar-refractivity contribution is 5.38. The van der Waals surface area contributed by atoms with E-state index in [4.69, 9.17) is 18.9 Å². The number of hydrogen-bond donors (Lipinski definition) is 2. The van der Waals surface area contributed by atoms with Gasteiger partial charge in [0.25, 0.3) is 0 Å². The van der Waals surface area contributed by atoms with Gasteiger partial charge in [-0.05, 0) is 31.2 Å². The topological polar surface area (TPSA) is 77.4 Å². The fraction of sp³-hybridized carbons (Fsp3) is 0.333. The minimum Gasteiger partial charge on any atom is -0.504 e. The second-order valence-corrected chi connectivity index (χ2v) is 4.94. The predicted octanol–water partition coefficient (Wildman–Crippen LogP) is 2.93. The van der Waals surface area contributed by atoms with Gasteiger partial charge in [0, 0.05) is 0 Å². The normalized spacial score (nSPS) is 10.8. The summed E-state index contributed by atoms with van der Waals surface area (Å²) in [6.45, 7) is 3.05. The molecular weight excluding hydrogens is 312 g/mol. The number of ether oxygens (including phenoxy) is 4. The summed E-state index contributed by atoms with van der Waals surface area (Å²) in [6.07, 6.45) is -0.411. The molecule has 0 saturated carbocycles. The molecule has 24 heavy (non-hydrogen) atoms. The second kappa shape index (κ2) is 9.64. The van der Waals surface area contributed by atoms with Crippen LogP contribution in [0.4, 0.5) is 0 Å². The van der Waals surface area contributed by atoms with E-state index in [1.54, 1.807) is 55.5 Å². The standard InChI is InChI=1S/C18H22O6/c1-14(21-10-12-23-17-8-4-2-6-15(17)19)22-11-13-24-18-9-5-3-7-16(18)20/h2-9,14,19-20H,10-13H2,1H3. The largest absolute Gasteiger partial charge is 0.504 e. The third-order valence-corrected chi connectivity index (χ3v) is 3.12. The maximum atomic E-state index is 9.55. The molecular formula is C18H22O6. The van der Waals surface area contributed by atoms with Gasteiger partial charge < -0.3 is 29.2 Å². The lowest BCUT2D eigenvalue weighted by Gasteiger charge is -2.15. The van der Waals surface area contributed by atoms with Crippen molar-refractivity contribution in [3.8, 4) is 23.0 Å². The van der Waals surface area contributed by atoms with E-state index in [1.807, 2.05) is 0 Å². The first kappa shape index (κ1) is 17.9. The van der Waals surface area contributed by atoms with Crippen LogP contribution in [0.2, 0.25) is 0 Å². The predicted molar refractivity (Wildman–Crippen MR) is 88.6 cm³/mol. The van der Waals surface area contributed by atoms with Crippen molar-refractivity contribution in [1.82, 2.24) is 0 Å². The molecule has 0 atom stereocenters. The number of para-hydroxylation sites is 4. The van der Waals surface area contributed by atoms with Gasteiger partial charge in [-0.3, -0.25) is 0 Å². The summed E-state index contributed by atoms with van der Waals surface area (Å²) in [5, 5.41) is 19.1. The quantitative estimate of drug-likeness (QED) is 0.514. The molecule has 130 valence electrons. The average Bonchev–Trinajstić information content (AvgIpc) is 2.58. The molecule has 2 N–H and O–H groups in total. The highest BCUT2D eigenvalue weighted by Crippen LogP contribution is 2.24. The Morgan fingerprint density at radius 1 is 0.708 bits per heavy atom. The van der Waals surface area contributed by atoms with Gasteiger partial charge >= 0.3 is 0 Å². The Morgan fingerprint density at radius 2 is 1.12 bits per heavy atom. The minimum absolute atomic E-state index is 0.100. The van der Waals surface area contributed by atoms with E-state index in [2.05, 4.69) is 0 Å². The maximum Gasteiger partial charge on any atom is 0.161 e. The van der Waals surface area contributed by atoms with E-state index < -0.39 is 6.29 Å². The van der Waals surface area contributed by atoms with Crippen LogP contribution >= 0.6 is 0 Å². The van der Waals surface area contributed by atoms with Crippen molar-refractivity contribution in [3.63, 3.8) is 0 Å². The third-order valence-electron chi connectivity index (χ3n) is 3.12. The number of rotatable bonds is 10. The molecule has 0 aliphatic heterocycles. The van der Waals surface area contributed by atoms with Crippen LogP contribution in [0.1, 0.15) is 6.92 Å². The molecule has 0 aromatic heterocycles. The van der Waals surface area contributed by atoms with Gasteiger partial charge in [0.05, 0.1) is 13.2 Å². The third kappa shape index (κ3) is 5.98. The first-order valence-electron chi connectivity index (χ1n) is 7.71. The molecule has 0 unspecified atom stereocenters. The molecule has 0 aliphatic carbocycles. The highest BCUT2D eigenvalue weighted by Gasteiger charge is 2.05. The summed E-state index contributed by atoms with van der Waals surface area (Å²) in [7, 11) is 0. The smallest absolute Gasteiger partial charge is 0.161 e. The Morgan fingerprint density at radius 3 is 1.54 bits per heavy atom. The van der Waals surface area contributed by atoms with Crippen LogP contribution in [0.3, 0.4) is 0 Å². The molecule has 2 rings (SSSR count). The van der Waals surface area contributed by atoms with E-state index >= 15 is 0 Å². The lowest BCUT2D eigenvalue weighted by Crippen LogP contribution is -2.20. The second-order valence-electron chi connectivity index (χ2n) is 4.94. The van der Waals surface area contributed by atoms with E-state index in [9.17, 15) is 10.2 Å². The average molecular weight is 334 g/mol. The van der Waals surface area contributed by atoms with Crippen LogP contribution in [0, 0.1) is 0 Å². The van der Waals surface area contributed by atoms with E-state index in [-0.39, 0.29) is 11.5 Å². The lowest BCUT2D eigenvalue weighted by atomic mass is 10.3. The molecule has 2 aromatic rings. The fourth-order valence-electron chi connectivity index (χ4n) is 1.94. The summed E-state index contributed by atoms with van der Waals surface area (Å²) in [5.41, 5.74) is 0. The number of hydrogen-bond acceptors (Lipinski definition) is 6. The molecule has 0 bridgehead atoms. The molecule has 0 radical (unpaired) electrons. The highest BCUT2D eigenvalue weighted by atomic mass is 16.7. The Kier molecular flexibility index (Phi) is 7.20. The number of phenols is 2. The zero-order chi connectivity index (χ0) is 17.2. The van der Waals surface area contributed by atoms with Crippen LogP contribution < -0.4 is 9.47 Å². The number of phenolic OH excluding ortho intramolecular Hbond substituents is 2. The Balaban J connectivity index is 1.55. The van der Waals surface area contributed by atoms with E-state index in [0.717, 1.165) is 0 Å². The van der Waals surface area contributed by atoms with Gasteiger partial charge in [0.1, 0.15) is 13.2 Å². The molecule has 6 heteroatoms. The van der Waals surface area contributed by atoms with Crippen molar-refractivity contribution >= 4 is 0 Å². The van der Waals surface area contributed by atoms with Crippen molar-refractivity contribution in [3.05, 3.63) is 48.5 Å². The van der Waals surface area contributed by atoms with Crippen molar-refractivity contribution in [1.29, 1.82) is 0 Å². The Bertz CT molecular complexity index is 562. The van der Waals surface area contributed by atoms with Crippen LogP contribution in [0.25, 0.3) is 0 Å². The van der Waals surface area contributed by atoms with Crippen LogP contribution in [0.15, 0.2) is 48.5 Å². The first-order valence-corrected chi connectivity index (χ1v) is 7.71. The maximum absolute atomic E-state index is 9.55. The van der Waals surface area contributed by atoms with Gasteiger partial charge in [0.15, 0.2) is 29.3 Å². The zero-order valence-corrected chi connectivity index (χ0v) is 13.6. The fourth-order valence-corrected chi connectivity index (χ4v) is 1.94. The van der Waals surface area contributed by atoms with Gasteiger partial charge in [0.2, 0.25) is 0 Å². The lowest BCUT2D eigenvalue weighted by molar-refractivity contribution is -0.138. The summed E-state index contributed by atoms with van der Waals surface area (Å²) >= 11 is 0. The van der Waals surface area contributed by atoms with Gasteiger partial charge in [-0.25, -0.2) is 0 Å². The Labute approximate surface area is 141 Å². The summed E-state index contributed by atoms with van der Waals surface area (Å²) in [5.74, 6) is 1.04. The molecule has 0 amide bonds. The van der Waals surface area contributed by atoms with Gasteiger partial charge in [-0.15, -0.1) is 0 Å². The van der Waals surface area contributed by atoms with Crippen LogP contribution in [-0.4, -0.2) is 42.9 Å². The monoisotopic (exact) mass is 334 g/mol. The van der Waals surface area contributed by atoms with Crippen molar-refractivity contribution in [2.24, 2.45) is 0 Å². The first-order chi connectivity index (χ1) is 11.7. The van der Waals surface area contributed by atoms with E-state index in [1.165, 1.54) is 0 Å². The number of benzene rings is 2. The number of aromatic hydroxyl groups is 2. The molecule has 0 spiro atoms. The summed E-state index contributed by atoms with van der Waals surface area (Å²) in [6, 6.07) is 13.5. The minimum atomic E-state index is -0.411. The SMILES string of the molecule is CC(OCCOc1ccccc1O)OCCOc1ccccc1O. The molecule has 0 fully saturated rings. The molecule has 0 saturated heterocycles. The van der Waals surface area contributed by atoms with Gasteiger partial charge in [-0.1, -0.05) is 24.3 Å². The van der Waals surface area contributed by atoms with Crippen molar-refractivity contribution < 1.29 is 29.2 Å². The van der Waals surface area contributed by atoms with Crippen molar-refractivity contribution in [2.45, 2.75) is 13.2 Å². The molecule has 0 aliphatic rings. The van der Waals surface area contributed by atoms with Crippen molar-refractivity contribution in [2.75, 3.05) is 26.4 Å². The van der Waals surface area contributed by atoms with Crippen LogP contribution in [-0.2, 0) is 9.47 Å².